The minimum absolute atomic E-state index is 0.307. The molecular formula is C18H18N4O3S2. The van der Waals surface area contributed by atoms with Gasteiger partial charge in [0.05, 0.1) is 6.26 Å². The Morgan fingerprint density at radius 1 is 1.04 bits per heavy atom. The fourth-order valence-corrected chi connectivity index (χ4v) is 3.85. The lowest BCUT2D eigenvalue weighted by molar-refractivity contribution is -0.119. The van der Waals surface area contributed by atoms with E-state index in [0.29, 0.717) is 15.7 Å². The maximum atomic E-state index is 12.9. The van der Waals surface area contributed by atoms with Gasteiger partial charge in [0.15, 0.2) is 0 Å². The number of nitrogens with zero attached hydrogens (tertiary/aromatic N) is 3. The lowest BCUT2D eigenvalue weighted by Gasteiger charge is -2.25. The van der Waals surface area contributed by atoms with E-state index in [0.717, 1.165) is 16.1 Å². The van der Waals surface area contributed by atoms with Crippen LogP contribution in [0.4, 0.5) is 5.13 Å². The first-order chi connectivity index (χ1) is 12.9. The second-order valence-corrected chi connectivity index (χ2v) is 8.88. The van der Waals surface area contributed by atoms with Gasteiger partial charge in [0, 0.05) is 12.6 Å². The number of sulfonamides is 1. The summed E-state index contributed by atoms with van der Waals surface area (Å²) in [4.78, 5) is 12.9. The van der Waals surface area contributed by atoms with Crippen molar-refractivity contribution < 1.29 is 13.2 Å². The lowest BCUT2D eigenvalue weighted by atomic mass is 10.1. The highest BCUT2D eigenvalue weighted by Crippen LogP contribution is 2.28. The Balaban J connectivity index is 1.86. The molecule has 1 N–H and O–H groups in total. The molecule has 9 heteroatoms. The fraction of sp³-hybridized carbons (Fsp3) is 0.167. The van der Waals surface area contributed by atoms with Gasteiger partial charge in [-0.25, -0.2) is 8.42 Å². The third kappa shape index (κ3) is 4.57. The van der Waals surface area contributed by atoms with E-state index < -0.39 is 22.0 Å². The van der Waals surface area contributed by atoms with E-state index in [2.05, 4.69) is 15.5 Å². The van der Waals surface area contributed by atoms with Crippen molar-refractivity contribution in [1.82, 2.24) is 14.5 Å². The molecule has 0 aliphatic heterocycles. The normalized spacial score (nSPS) is 12.7. The Kier molecular flexibility index (Phi) is 5.64. The number of carbonyl (C=O) groups is 1. The minimum atomic E-state index is -3.59. The molecular weight excluding hydrogens is 384 g/mol. The third-order valence-electron chi connectivity index (χ3n) is 3.93. The summed E-state index contributed by atoms with van der Waals surface area (Å²) >= 11 is 1.22. The summed E-state index contributed by atoms with van der Waals surface area (Å²) < 4.78 is 25.1. The first-order valence-electron chi connectivity index (χ1n) is 8.04. The molecule has 27 heavy (non-hydrogen) atoms. The predicted molar refractivity (Wildman–Crippen MR) is 106 cm³/mol. The molecule has 140 valence electrons. The number of likely N-dealkylation sites (N-methyl/N-ethyl adjacent to an activating group) is 1. The van der Waals surface area contributed by atoms with Crippen LogP contribution in [0.25, 0.3) is 10.6 Å². The zero-order valence-electron chi connectivity index (χ0n) is 14.7. The molecule has 3 rings (SSSR count). The average molecular weight is 403 g/mol. The molecule has 1 aromatic heterocycles. The molecule has 0 spiro atoms. The van der Waals surface area contributed by atoms with E-state index in [1.165, 1.54) is 18.4 Å². The Bertz CT molecular complexity index is 1020. The number of amides is 1. The second kappa shape index (κ2) is 7.95. The molecule has 7 nitrogen and oxygen atoms in total. The van der Waals surface area contributed by atoms with E-state index in [1.54, 1.807) is 30.3 Å². The van der Waals surface area contributed by atoms with Gasteiger partial charge in [-0.1, -0.05) is 72.0 Å². The van der Waals surface area contributed by atoms with Crippen molar-refractivity contribution in [2.75, 3.05) is 18.6 Å². The Morgan fingerprint density at radius 3 is 2.22 bits per heavy atom. The number of benzene rings is 2. The van der Waals surface area contributed by atoms with Crippen LogP contribution in [0, 0.1) is 0 Å². The van der Waals surface area contributed by atoms with E-state index in [4.69, 9.17) is 0 Å². The van der Waals surface area contributed by atoms with Gasteiger partial charge >= 0.3 is 0 Å². The molecule has 0 radical (unpaired) electrons. The molecule has 0 aliphatic rings. The zero-order valence-corrected chi connectivity index (χ0v) is 16.4. The number of carbonyl (C=O) groups excluding carboxylic acids is 1. The van der Waals surface area contributed by atoms with Crippen LogP contribution in [-0.2, 0) is 14.8 Å². The van der Waals surface area contributed by atoms with Crippen LogP contribution in [0.5, 0.6) is 0 Å². The van der Waals surface area contributed by atoms with Gasteiger partial charge in [-0.15, -0.1) is 10.2 Å². The maximum absolute atomic E-state index is 12.9. The highest BCUT2D eigenvalue weighted by atomic mass is 32.2. The Morgan fingerprint density at radius 2 is 1.63 bits per heavy atom. The standard InChI is InChI=1S/C18H18N4O3S2/c1-22(27(2,24)25)15(13-9-5-3-6-10-13)16(23)19-18-21-20-17(26-18)14-11-7-4-8-12-14/h3-12,15H,1-2H3,(H,19,21,23)/t15-/m0/s1. The van der Waals surface area contributed by atoms with E-state index >= 15 is 0 Å². The van der Waals surface area contributed by atoms with Gasteiger partial charge in [-0.2, -0.15) is 4.31 Å². The summed E-state index contributed by atoms with van der Waals surface area (Å²) in [5.74, 6) is -0.495. The van der Waals surface area contributed by atoms with Crippen molar-refractivity contribution in [3.05, 3.63) is 66.2 Å². The van der Waals surface area contributed by atoms with Gasteiger partial charge in [0.2, 0.25) is 21.1 Å². The van der Waals surface area contributed by atoms with Crippen LogP contribution in [-0.4, -0.2) is 42.1 Å². The minimum Gasteiger partial charge on any atom is -0.299 e. The summed E-state index contributed by atoms with van der Waals surface area (Å²) in [6, 6.07) is 17.2. The summed E-state index contributed by atoms with van der Waals surface area (Å²) in [6.45, 7) is 0. The first-order valence-corrected chi connectivity index (χ1v) is 10.7. The zero-order chi connectivity index (χ0) is 19.4. The van der Waals surface area contributed by atoms with Crippen LogP contribution < -0.4 is 5.32 Å². The first kappa shape index (κ1) is 19.2. The van der Waals surface area contributed by atoms with Gasteiger partial charge in [-0.05, 0) is 5.56 Å². The van der Waals surface area contributed by atoms with Crippen molar-refractivity contribution in [2.45, 2.75) is 6.04 Å². The second-order valence-electron chi connectivity index (χ2n) is 5.86. The number of hydrogen-bond acceptors (Lipinski definition) is 6. The largest absolute Gasteiger partial charge is 0.299 e. The summed E-state index contributed by atoms with van der Waals surface area (Å²) in [5.41, 5.74) is 1.46. The predicted octanol–water partition coefficient (Wildman–Crippen LogP) is 2.78. The van der Waals surface area contributed by atoms with Crippen molar-refractivity contribution in [2.24, 2.45) is 0 Å². The molecule has 0 saturated heterocycles. The monoisotopic (exact) mass is 402 g/mol. The highest BCUT2D eigenvalue weighted by Gasteiger charge is 2.31. The molecule has 1 amide bonds. The summed E-state index contributed by atoms with van der Waals surface area (Å²) in [6.07, 6.45) is 1.06. The van der Waals surface area contributed by atoms with Crippen molar-refractivity contribution in [3.8, 4) is 10.6 Å². The van der Waals surface area contributed by atoms with E-state index in [9.17, 15) is 13.2 Å². The van der Waals surface area contributed by atoms with Crippen LogP contribution in [0.3, 0.4) is 0 Å². The smallest absolute Gasteiger partial charge is 0.249 e. The SMILES string of the molecule is CN([C@H](C(=O)Nc1nnc(-c2ccccc2)s1)c1ccccc1)S(C)(=O)=O. The molecule has 0 saturated carbocycles. The topological polar surface area (TPSA) is 92.3 Å². The summed E-state index contributed by atoms with van der Waals surface area (Å²) in [5, 5.41) is 11.7. The number of hydrogen-bond donors (Lipinski definition) is 1. The van der Waals surface area contributed by atoms with Crippen molar-refractivity contribution in [3.63, 3.8) is 0 Å². The molecule has 0 fully saturated rings. The lowest BCUT2D eigenvalue weighted by Crippen LogP contribution is -2.38. The molecule has 0 unspecified atom stereocenters. The van der Waals surface area contributed by atoms with Crippen LogP contribution in [0.15, 0.2) is 60.7 Å². The third-order valence-corrected chi connectivity index (χ3v) is 6.07. The number of anilines is 1. The quantitative estimate of drug-likeness (QED) is 0.684. The average Bonchev–Trinajstić information content (AvgIpc) is 3.11. The molecule has 2 aromatic carbocycles. The van der Waals surface area contributed by atoms with Crippen LogP contribution >= 0.6 is 11.3 Å². The number of nitrogens with one attached hydrogen (secondary N) is 1. The van der Waals surface area contributed by atoms with Crippen molar-refractivity contribution in [1.29, 1.82) is 0 Å². The molecule has 0 bridgehead atoms. The van der Waals surface area contributed by atoms with Gasteiger partial charge < -0.3 is 0 Å². The Hall–Kier alpha value is -2.62. The molecule has 3 aromatic rings. The van der Waals surface area contributed by atoms with Crippen LogP contribution in [0.1, 0.15) is 11.6 Å². The molecule has 0 aliphatic carbocycles. The number of aromatic nitrogens is 2. The van der Waals surface area contributed by atoms with Crippen molar-refractivity contribution >= 4 is 32.4 Å². The highest BCUT2D eigenvalue weighted by molar-refractivity contribution is 7.88. The van der Waals surface area contributed by atoms with E-state index in [1.807, 2.05) is 30.3 Å². The van der Waals surface area contributed by atoms with Gasteiger partial charge in [0.1, 0.15) is 11.0 Å². The Labute approximate surface area is 161 Å². The summed E-state index contributed by atoms with van der Waals surface area (Å²) in [7, 11) is -2.21. The van der Waals surface area contributed by atoms with Crippen LogP contribution in [0.2, 0.25) is 0 Å². The number of rotatable bonds is 6. The molecule has 1 heterocycles. The fourth-order valence-electron chi connectivity index (χ4n) is 2.50. The van der Waals surface area contributed by atoms with Gasteiger partial charge in [0.25, 0.3) is 0 Å². The molecule has 1 atom stereocenters. The maximum Gasteiger partial charge on any atom is 0.249 e. The van der Waals surface area contributed by atoms with E-state index in [-0.39, 0.29) is 0 Å². The van der Waals surface area contributed by atoms with Gasteiger partial charge in [-0.3, -0.25) is 10.1 Å².